The molecule has 0 amide bonds. The zero-order valence-corrected chi connectivity index (χ0v) is 19.2. The lowest BCUT2D eigenvalue weighted by atomic mass is 9.98. The summed E-state index contributed by atoms with van der Waals surface area (Å²) in [5, 5.41) is 4.15. The molecule has 33 heavy (non-hydrogen) atoms. The lowest BCUT2D eigenvalue weighted by molar-refractivity contribution is 0.413. The molecule has 2 aromatic heterocycles. The van der Waals surface area contributed by atoms with Gasteiger partial charge in [-0.15, -0.1) is 0 Å². The van der Waals surface area contributed by atoms with Gasteiger partial charge in [-0.05, 0) is 84.5 Å². The summed E-state index contributed by atoms with van der Waals surface area (Å²) in [5.74, 6) is 2.29. The minimum Gasteiger partial charge on any atom is -0.497 e. The van der Waals surface area contributed by atoms with Gasteiger partial charge in [0.25, 0.3) is 0 Å². The van der Waals surface area contributed by atoms with Crippen LogP contribution in [0.3, 0.4) is 0 Å². The van der Waals surface area contributed by atoms with Crippen LogP contribution in [0.25, 0.3) is 0 Å². The first-order valence-electron chi connectivity index (χ1n) is 10.7. The van der Waals surface area contributed by atoms with Crippen molar-refractivity contribution in [3.05, 3.63) is 103 Å². The molecule has 6 nitrogen and oxygen atoms in total. The van der Waals surface area contributed by atoms with Gasteiger partial charge in [0, 0.05) is 31.3 Å². The fourth-order valence-electron chi connectivity index (χ4n) is 4.13. The standard InChI is InChI=1S/C26H24N4O2S/c1-29-16-14-18(17-29)25-24(23-5-3-4-15-27-23)28-26(33)30(25)19-6-8-21(9-7-19)32-22-12-10-20(31-2)11-13-22/h3-17,24-25H,1-2H3,(H,28,33)/t24-,25+/m1/s1. The molecule has 1 fully saturated rings. The van der Waals surface area contributed by atoms with Crippen LogP contribution in [-0.2, 0) is 7.05 Å². The molecule has 2 atom stereocenters. The first kappa shape index (κ1) is 21.0. The summed E-state index contributed by atoms with van der Waals surface area (Å²) in [6.07, 6.45) is 6.00. The van der Waals surface area contributed by atoms with Gasteiger partial charge in [0.15, 0.2) is 5.11 Å². The van der Waals surface area contributed by atoms with Crippen molar-refractivity contribution in [2.45, 2.75) is 12.1 Å². The topological polar surface area (TPSA) is 51.6 Å². The van der Waals surface area contributed by atoms with Crippen LogP contribution in [0.4, 0.5) is 5.69 Å². The maximum absolute atomic E-state index is 5.99. The third-order valence-electron chi connectivity index (χ3n) is 5.70. The average Bonchev–Trinajstić information content (AvgIpc) is 3.43. The molecule has 5 rings (SSSR count). The number of rotatable bonds is 6. The number of benzene rings is 2. The first-order valence-corrected chi connectivity index (χ1v) is 11.1. The average molecular weight is 457 g/mol. The van der Waals surface area contributed by atoms with Gasteiger partial charge in [0.2, 0.25) is 0 Å². The smallest absolute Gasteiger partial charge is 0.174 e. The summed E-state index contributed by atoms with van der Waals surface area (Å²) in [5.41, 5.74) is 3.11. The summed E-state index contributed by atoms with van der Waals surface area (Å²) >= 11 is 5.78. The molecule has 1 N–H and O–H groups in total. The molecule has 0 bridgehead atoms. The molecule has 0 radical (unpaired) electrons. The molecule has 3 heterocycles. The number of ether oxygens (including phenoxy) is 2. The van der Waals surface area contributed by atoms with Crippen molar-refractivity contribution < 1.29 is 9.47 Å². The molecular weight excluding hydrogens is 432 g/mol. The van der Waals surface area contributed by atoms with Crippen LogP contribution >= 0.6 is 12.2 Å². The molecule has 0 aliphatic carbocycles. The van der Waals surface area contributed by atoms with Crippen molar-refractivity contribution in [2.75, 3.05) is 12.0 Å². The van der Waals surface area contributed by atoms with E-state index in [4.69, 9.17) is 21.7 Å². The molecule has 1 aliphatic rings. The van der Waals surface area contributed by atoms with Crippen molar-refractivity contribution in [1.82, 2.24) is 14.9 Å². The van der Waals surface area contributed by atoms with Gasteiger partial charge in [0.1, 0.15) is 17.2 Å². The zero-order valence-electron chi connectivity index (χ0n) is 18.4. The Hall–Kier alpha value is -3.84. The van der Waals surface area contributed by atoms with Crippen LogP contribution in [0.1, 0.15) is 23.3 Å². The van der Waals surface area contributed by atoms with Crippen molar-refractivity contribution in [2.24, 2.45) is 7.05 Å². The summed E-state index contributed by atoms with van der Waals surface area (Å²) in [7, 11) is 3.67. The second kappa shape index (κ2) is 8.96. The van der Waals surface area contributed by atoms with Crippen molar-refractivity contribution in [3.63, 3.8) is 0 Å². The zero-order chi connectivity index (χ0) is 22.8. The number of hydrogen-bond acceptors (Lipinski definition) is 4. The second-order valence-corrected chi connectivity index (χ2v) is 8.27. The SMILES string of the molecule is COc1ccc(Oc2ccc(N3C(=S)N[C@H](c4ccccn4)[C@@H]3c3ccn(C)c3)cc2)cc1. The number of aryl methyl sites for hydroxylation is 1. The van der Waals surface area contributed by atoms with Crippen LogP contribution in [0.5, 0.6) is 17.2 Å². The Morgan fingerprint density at radius 1 is 0.909 bits per heavy atom. The van der Waals surface area contributed by atoms with Crippen LogP contribution < -0.4 is 19.7 Å². The third kappa shape index (κ3) is 4.27. The highest BCUT2D eigenvalue weighted by Gasteiger charge is 2.40. The van der Waals surface area contributed by atoms with Gasteiger partial charge < -0.3 is 24.3 Å². The maximum Gasteiger partial charge on any atom is 0.174 e. The highest BCUT2D eigenvalue weighted by atomic mass is 32.1. The number of pyridine rings is 1. The minimum atomic E-state index is -0.0590. The first-order chi connectivity index (χ1) is 16.1. The summed E-state index contributed by atoms with van der Waals surface area (Å²) in [6, 6.07) is 23.5. The Balaban J connectivity index is 1.44. The fourth-order valence-corrected chi connectivity index (χ4v) is 4.47. The molecule has 4 aromatic rings. The van der Waals surface area contributed by atoms with E-state index >= 15 is 0 Å². The predicted octanol–water partition coefficient (Wildman–Crippen LogP) is 5.40. The Bertz CT molecular complexity index is 1240. The van der Waals surface area contributed by atoms with E-state index < -0.39 is 0 Å². The van der Waals surface area contributed by atoms with Crippen LogP contribution in [0.2, 0.25) is 0 Å². The van der Waals surface area contributed by atoms with Crippen LogP contribution in [0.15, 0.2) is 91.4 Å². The molecular formula is C26H24N4O2S. The Kier molecular flexibility index (Phi) is 5.71. The number of hydrogen-bond donors (Lipinski definition) is 1. The van der Waals surface area contributed by atoms with E-state index in [2.05, 4.69) is 38.2 Å². The summed E-state index contributed by atoms with van der Waals surface area (Å²) < 4.78 is 13.2. The van der Waals surface area contributed by atoms with E-state index in [1.54, 1.807) is 7.11 Å². The largest absolute Gasteiger partial charge is 0.497 e. The van der Waals surface area contributed by atoms with Crippen LogP contribution in [-0.4, -0.2) is 21.8 Å². The van der Waals surface area contributed by atoms with E-state index in [0.717, 1.165) is 28.6 Å². The van der Waals surface area contributed by atoms with E-state index in [1.165, 1.54) is 5.56 Å². The number of methoxy groups -OCH3 is 1. The Labute approximate surface area is 198 Å². The molecule has 7 heteroatoms. The highest BCUT2D eigenvalue weighted by molar-refractivity contribution is 7.80. The molecule has 2 aromatic carbocycles. The van der Waals surface area contributed by atoms with Gasteiger partial charge in [-0.3, -0.25) is 4.98 Å². The van der Waals surface area contributed by atoms with Crippen molar-refractivity contribution >= 4 is 23.0 Å². The van der Waals surface area contributed by atoms with Crippen LogP contribution in [0, 0.1) is 0 Å². The highest BCUT2D eigenvalue weighted by Crippen LogP contribution is 2.42. The number of aromatic nitrogens is 2. The molecule has 1 aliphatic heterocycles. The molecule has 1 saturated heterocycles. The minimum absolute atomic E-state index is 0.0260. The summed E-state index contributed by atoms with van der Waals surface area (Å²) in [4.78, 5) is 6.75. The van der Waals surface area contributed by atoms with Gasteiger partial charge in [0.05, 0.1) is 24.9 Å². The van der Waals surface area contributed by atoms with Gasteiger partial charge in [-0.25, -0.2) is 0 Å². The normalized spacial score (nSPS) is 17.6. The second-order valence-electron chi connectivity index (χ2n) is 7.88. The van der Waals surface area contributed by atoms with Gasteiger partial charge in [-0.2, -0.15) is 0 Å². The Morgan fingerprint density at radius 3 is 2.21 bits per heavy atom. The molecule has 0 spiro atoms. The predicted molar refractivity (Wildman–Crippen MR) is 133 cm³/mol. The quantitative estimate of drug-likeness (QED) is 0.392. The number of anilines is 1. The van der Waals surface area contributed by atoms with Gasteiger partial charge >= 0.3 is 0 Å². The fraction of sp³-hybridized carbons (Fsp3) is 0.154. The monoisotopic (exact) mass is 456 g/mol. The molecule has 0 saturated carbocycles. The van der Waals surface area contributed by atoms with E-state index in [1.807, 2.05) is 80.0 Å². The lowest BCUT2D eigenvalue weighted by Gasteiger charge is -2.27. The summed E-state index contributed by atoms with van der Waals surface area (Å²) in [6.45, 7) is 0. The van der Waals surface area contributed by atoms with Gasteiger partial charge in [-0.1, -0.05) is 6.07 Å². The number of thiocarbonyl (C=S) groups is 1. The third-order valence-corrected chi connectivity index (χ3v) is 6.02. The lowest BCUT2D eigenvalue weighted by Crippen LogP contribution is -2.29. The van der Waals surface area contributed by atoms with E-state index in [0.29, 0.717) is 5.11 Å². The number of nitrogens with one attached hydrogen (secondary N) is 1. The number of nitrogens with zero attached hydrogens (tertiary/aromatic N) is 3. The molecule has 0 unspecified atom stereocenters. The maximum atomic E-state index is 5.99. The Morgan fingerprint density at radius 2 is 1.61 bits per heavy atom. The van der Waals surface area contributed by atoms with Crippen molar-refractivity contribution in [3.8, 4) is 17.2 Å². The van der Waals surface area contributed by atoms with E-state index in [9.17, 15) is 0 Å². The van der Waals surface area contributed by atoms with Crippen molar-refractivity contribution in [1.29, 1.82) is 0 Å². The molecule has 166 valence electrons. The van der Waals surface area contributed by atoms with E-state index in [-0.39, 0.29) is 12.1 Å².